The Hall–Kier alpha value is -2.19. The Morgan fingerprint density at radius 1 is 0.900 bits per heavy atom. The molecule has 0 aliphatic rings. The second kappa shape index (κ2) is 5.85. The van der Waals surface area contributed by atoms with Crippen LogP contribution in [0, 0.1) is 6.92 Å². The number of benzene rings is 2. The van der Waals surface area contributed by atoms with E-state index in [0.717, 1.165) is 18.6 Å². The van der Waals surface area contributed by atoms with Crippen LogP contribution >= 0.6 is 0 Å². The largest absolute Gasteiger partial charge is 0.309 e. The lowest BCUT2D eigenvalue weighted by Crippen LogP contribution is -2.13. The minimum absolute atomic E-state index is 0.858. The lowest BCUT2D eigenvalue weighted by Gasteiger charge is -2.08. The molecule has 0 fully saturated rings. The zero-order valence-corrected chi connectivity index (χ0v) is 11.6. The van der Waals surface area contributed by atoms with Crippen LogP contribution in [0.3, 0.4) is 0 Å². The predicted molar refractivity (Wildman–Crippen MR) is 83.5 cm³/mol. The summed E-state index contributed by atoms with van der Waals surface area (Å²) >= 11 is 0. The van der Waals surface area contributed by atoms with Crippen LogP contribution in [0.5, 0.6) is 0 Å². The molecular weight excluding hydrogens is 244 g/mol. The third kappa shape index (κ3) is 2.86. The Bertz CT molecular complexity index is 697. The average Bonchev–Trinajstić information content (AvgIpc) is 2.49. The van der Waals surface area contributed by atoms with Gasteiger partial charge in [-0.15, -0.1) is 0 Å². The standard InChI is InChI=1S/C18H18N2/c1-14-6-8-15(9-7-14)12-19-13-16-10-11-20-18-5-3-2-4-17(16)18/h2-11,19H,12-13H2,1H3. The van der Waals surface area contributed by atoms with Gasteiger partial charge in [0.2, 0.25) is 0 Å². The molecule has 0 saturated heterocycles. The molecule has 0 atom stereocenters. The molecule has 3 aromatic rings. The normalized spacial score (nSPS) is 10.8. The molecule has 20 heavy (non-hydrogen) atoms. The lowest BCUT2D eigenvalue weighted by atomic mass is 10.1. The van der Waals surface area contributed by atoms with Crippen LogP contribution in [0.4, 0.5) is 0 Å². The summed E-state index contributed by atoms with van der Waals surface area (Å²) in [6.45, 7) is 3.86. The van der Waals surface area contributed by atoms with Gasteiger partial charge in [-0.1, -0.05) is 48.0 Å². The predicted octanol–water partition coefficient (Wildman–Crippen LogP) is 3.83. The number of fused-ring (bicyclic) bond motifs is 1. The number of rotatable bonds is 4. The first-order chi connectivity index (χ1) is 9.83. The Morgan fingerprint density at radius 3 is 2.55 bits per heavy atom. The molecule has 100 valence electrons. The molecule has 0 amide bonds. The van der Waals surface area contributed by atoms with Crippen molar-refractivity contribution in [1.29, 1.82) is 0 Å². The Balaban J connectivity index is 1.69. The van der Waals surface area contributed by atoms with Gasteiger partial charge in [0, 0.05) is 24.7 Å². The van der Waals surface area contributed by atoms with E-state index in [4.69, 9.17) is 0 Å². The van der Waals surface area contributed by atoms with Crippen LogP contribution in [0.2, 0.25) is 0 Å². The summed E-state index contributed by atoms with van der Waals surface area (Å²) in [6.07, 6.45) is 1.88. The third-order valence-corrected chi connectivity index (χ3v) is 3.50. The first-order valence-corrected chi connectivity index (χ1v) is 6.92. The Labute approximate surface area is 119 Å². The molecule has 0 radical (unpaired) electrons. The number of nitrogens with zero attached hydrogens (tertiary/aromatic N) is 1. The number of aryl methyl sites for hydroxylation is 1. The Kier molecular flexibility index (Phi) is 3.75. The number of nitrogens with one attached hydrogen (secondary N) is 1. The van der Waals surface area contributed by atoms with Crippen LogP contribution in [0.1, 0.15) is 16.7 Å². The molecule has 2 heteroatoms. The highest BCUT2D eigenvalue weighted by Gasteiger charge is 2.00. The van der Waals surface area contributed by atoms with Crippen LogP contribution in [-0.2, 0) is 13.1 Å². The Morgan fingerprint density at radius 2 is 1.70 bits per heavy atom. The lowest BCUT2D eigenvalue weighted by molar-refractivity contribution is 0.696. The zero-order chi connectivity index (χ0) is 13.8. The monoisotopic (exact) mass is 262 g/mol. The summed E-state index contributed by atoms with van der Waals surface area (Å²) < 4.78 is 0. The fourth-order valence-corrected chi connectivity index (χ4v) is 2.36. The van der Waals surface area contributed by atoms with E-state index in [1.807, 2.05) is 12.3 Å². The summed E-state index contributed by atoms with van der Waals surface area (Å²) in [5.41, 5.74) is 4.97. The molecule has 0 bridgehead atoms. The van der Waals surface area contributed by atoms with Crippen molar-refractivity contribution in [1.82, 2.24) is 10.3 Å². The van der Waals surface area contributed by atoms with Gasteiger partial charge < -0.3 is 5.32 Å². The topological polar surface area (TPSA) is 24.9 Å². The van der Waals surface area contributed by atoms with Gasteiger partial charge in [0.05, 0.1) is 5.52 Å². The number of para-hydroxylation sites is 1. The summed E-state index contributed by atoms with van der Waals surface area (Å²) in [7, 11) is 0. The van der Waals surface area contributed by atoms with Crippen LogP contribution < -0.4 is 5.32 Å². The third-order valence-electron chi connectivity index (χ3n) is 3.50. The molecule has 1 heterocycles. The van der Waals surface area contributed by atoms with Gasteiger partial charge in [-0.25, -0.2) is 0 Å². The maximum Gasteiger partial charge on any atom is 0.0705 e. The fourth-order valence-electron chi connectivity index (χ4n) is 2.36. The van der Waals surface area contributed by atoms with E-state index in [9.17, 15) is 0 Å². The van der Waals surface area contributed by atoms with Gasteiger partial charge in [0.15, 0.2) is 0 Å². The molecule has 3 rings (SSSR count). The van der Waals surface area contributed by atoms with Gasteiger partial charge in [0.1, 0.15) is 0 Å². The highest BCUT2D eigenvalue weighted by atomic mass is 14.8. The summed E-state index contributed by atoms with van der Waals surface area (Å²) in [5.74, 6) is 0. The fraction of sp³-hybridized carbons (Fsp3) is 0.167. The second-order valence-corrected chi connectivity index (χ2v) is 5.08. The summed E-state index contributed by atoms with van der Waals surface area (Å²) in [6, 6.07) is 19.0. The van der Waals surface area contributed by atoms with Crippen molar-refractivity contribution in [2.75, 3.05) is 0 Å². The molecule has 1 N–H and O–H groups in total. The number of pyridine rings is 1. The molecular formula is C18H18N2. The molecule has 1 aromatic heterocycles. The van der Waals surface area contributed by atoms with Crippen molar-refractivity contribution < 1.29 is 0 Å². The summed E-state index contributed by atoms with van der Waals surface area (Å²) in [5, 5.41) is 4.73. The molecule has 2 nitrogen and oxygen atoms in total. The van der Waals surface area contributed by atoms with E-state index in [1.165, 1.54) is 22.1 Å². The number of aromatic nitrogens is 1. The molecule has 2 aromatic carbocycles. The first-order valence-electron chi connectivity index (χ1n) is 6.92. The molecule has 0 aliphatic carbocycles. The van der Waals surface area contributed by atoms with E-state index < -0.39 is 0 Å². The maximum absolute atomic E-state index is 4.39. The van der Waals surface area contributed by atoms with E-state index in [2.05, 4.69) is 65.8 Å². The van der Waals surface area contributed by atoms with Gasteiger partial charge in [-0.2, -0.15) is 0 Å². The van der Waals surface area contributed by atoms with Crippen molar-refractivity contribution in [3.05, 3.63) is 77.5 Å². The van der Waals surface area contributed by atoms with Crippen LogP contribution in [-0.4, -0.2) is 4.98 Å². The average molecular weight is 262 g/mol. The minimum atomic E-state index is 0.858. The highest BCUT2D eigenvalue weighted by molar-refractivity contribution is 5.81. The molecule has 0 unspecified atom stereocenters. The number of hydrogen-bond acceptors (Lipinski definition) is 2. The summed E-state index contributed by atoms with van der Waals surface area (Å²) in [4.78, 5) is 4.39. The van der Waals surface area contributed by atoms with Crippen molar-refractivity contribution in [3.8, 4) is 0 Å². The van der Waals surface area contributed by atoms with Crippen molar-refractivity contribution in [2.24, 2.45) is 0 Å². The van der Waals surface area contributed by atoms with Crippen molar-refractivity contribution in [2.45, 2.75) is 20.0 Å². The maximum atomic E-state index is 4.39. The van der Waals surface area contributed by atoms with Crippen molar-refractivity contribution in [3.63, 3.8) is 0 Å². The molecule has 0 saturated carbocycles. The van der Waals surface area contributed by atoms with Gasteiger partial charge in [0.25, 0.3) is 0 Å². The highest BCUT2D eigenvalue weighted by Crippen LogP contribution is 2.16. The quantitative estimate of drug-likeness (QED) is 0.773. The van der Waals surface area contributed by atoms with E-state index >= 15 is 0 Å². The second-order valence-electron chi connectivity index (χ2n) is 5.08. The van der Waals surface area contributed by atoms with Gasteiger partial charge >= 0.3 is 0 Å². The van der Waals surface area contributed by atoms with E-state index in [-0.39, 0.29) is 0 Å². The van der Waals surface area contributed by atoms with Gasteiger partial charge in [-0.3, -0.25) is 4.98 Å². The van der Waals surface area contributed by atoms with Crippen LogP contribution in [0.15, 0.2) is 60.8 Å². The van der Waals surface area contributed by atoms with Crippen LogP contribution in [0.25, 0.3) is 10.9 Å². The minimum Gasteiger partial charge on any atom is -0.309 e. The number of hydrogen-bond donors (Lipinski definition) is 1. The molecule has 0 aliphatic heterocycles. The van der Waals surface area contributed by atoms with E-state index in [1.54, 1.807) is 0 Å². The molecule has 0 spiro atoms. The first kappa shape index (κ1) is 12.8. The smallest absolute Gasteiger partial charge is 0.0705 e. The van der Waals surface area contributed by atoms with Crippen molar-refractivity contribution >= 4 is 10.9 Å². The zero-order valence-electron chi connectivity index (χ0n) is 11.6. The van der Waals surface area contributed by atoms with E-state index in [0.29, 0.717) is 0 Å². The van der Waals surface area contributed by atoms with Gasteiger partial charge in [-0.05, 0) is 30.2 Å². The SMILES string of the molecule is Cc1ccc(CNCc2ccnc3ccccc23)cc1.